The average Bonchev–Trinajstić information content (AvgIpc) is 2.24. The van der Waals surface area contributed by atoms with Crippen molar-refractivity contribution in [1.82, 2.24) is 4.90 Å². The molecule has 1 atom stereocenters. The monoisotopic (exact) mass is 277 g/mol. The number of nitrogens with zero attached hydrogens (tertiary/aromatic N) is 1. The van der Waals surface area contributed by atoms with E-state index >= 15 is 0 Å². The fourth-order valence-electron chi connectivity index (χ4n) is 2.63. The highest BCUT2D eigenvalue weighted by atomic mass is 32.2. The largest absolute Gasteiger partial charge is 0.480 e. The molecule has 0 spiro atoms. The zero-order valence-corrected chi connectivity index (χ0v) is 12.2. The summed E-state index contributed by atoms with van der Waals surface area (Å²) >= 11 is 0. The Morgan fingerprint density at radius 1 is 1.44 bits per heavy atom. The number of hydrogen-bond acceptors (Lipinski definition) is 4. The third-order valence-corrected chi connectivity index (χ3v) is 5.42. The zero-order valence-electron chi connectivity index (χ0n) is 11.3. The molecule has 0 saturated carbocycles. The molecule has 106 valence electrons. The summed E-state index contributed by atoms with van der Waals surface area (Å²) in [5.41, 5.74) is -0.305. The van der Waals surface area contributed by atoms with Gasteiger partial charge in [0.2, 0.25) is 0 Å². The number of piperidine rings is 1. The number of rotatable bonds is 5. The number of carboxylic acids is 1. The molecule has 0 bridgehead atoms. The predicted molar refractivity (Wildman–Crippen MR) is 70.3 cm³/mol. The van der Waals surface area contributed by atoms with Crippen LogP contribution in [0.25, 0.3) is 0 Å². The maximum absolute atomic E-state index is 11.5. The molecule has 0 aromatic carbocycles. The second-order valence-electron chi connectivity index (χ2n) is 5.61. The molecule has 0 aliphatic carbocycles. The first-order valence-corrected chi connectivity index (χ1v) is 8.19. The van der Waals surface area contributed by atoms with Crippen molar-refractivity contribution >= 4 is 15.8 Å². The van der Waals surface area contributed by atoms with Gasteiger partial charge in [-0.15, -0.1) is 0 Å². The van der Waals surface area contributed by atoms with Gasteiger partial charge in [-0.2, -0.15) is 0 Å². The summed E-state index contributed by atoms with van der Waals surface area (Å²) in [5, 5.41) is 9.34. The molecule has 0 radical (unpaired) electrons. The van der Waals surface area contributed by atoms with Crippen LogP contribution in [0.3, 0.4) is 0 Å². The van der Waals surface area contributed by atoms with E-state index in [0.29, 0.717) is 13.1 Å². The van der Waals surface area contributed by atoms with Crippen LogP contribution in [0, 0.1) is 5.41 Å². The lowest BCUT2D eigenvalue weighted by atomic mass is 9.76. The number of hydrogen-bond donors (Lipinski definition) is 1. The third-order valence-electron chi connectivity index (χ3n) is 3.74. The summed E-state index contributed by atoms with van der Waals surface area (Å²) in [4.78, 5) is 13.2. The number of carboxylic acid groups (broad SMARTS) is 1. The summed E-state index contributed by atoms with van der Waals surface area (Å²) in [6.45, 7) is 6.47. The molecule has 1 aliphatic rings. The Morgan fingerprint density at radius 3 is 2.56 bits per heavy atom. The van der Waals surface area contributed by atoms with Crippen LogP contribution >= 0.6 is 0 Å². The van der Waals surface area contributed by atoms with Crippen LogP contribution in [-0.4, -0.2) is 55.0 Å². The van der Waals surface area contributed by atoms with Crippen LogP contribution in [0.1, 0.15) is 33.6 Å². The maximum Gasteiger partial charge on any atom is 0.321 e. The molecule has 0 amide bonds. The smallest absolute Gasteiger partial charge is 0.321 e. The quantitative estimate of drug-likeness (QED) is 0.811. The van der Waals surface area contributed by atoms with Crippen LogP contribution < -0.4 is 0 Å². The lowest BCUT2D eigenvalue weighted by Crippen LogP contribution is -2.55. The van der Waals surface area contributed by atoms with E-state index in [-0.39, 0.29) is 16.9 Å². The van der Waals surface area contributed by atoms with E-state index in [2.05, 4.69) is 0 Å². The molecule has 1 fully saturated rings. The van der Waals surface area contributed by atoms with Gasteiger partial charge in [-0.25, -0.2) is 8.42 Å². The summed E-state index contributed by atoms with van der Waals surface area (Å²) in [7, 11) is -3.04. The van der Waals surface area contributed by atoms with Gasteiger partial charge >= 0.3 is 5.97 Å². The Morgan fingerprint density at radius 2 is 2.06 bits per heavy atom. The molecule has 0 aromatic heterocycles. The van der Waals surface area contributed by atoms with Gasteiger partial charge in [0, 0.05) is 12.3 Å². The zero-order chi connectivity index (χ0) is 14.0. The van der Waals surface area contributed by atoms with Crippen molar-refractivity contribution < 1.29 is 18.3 Å². The van der Waals surface area contributed by atoms with Crippen LogP contribution in [0.5, 0.6) is 0 Å². The van der Waals surface area contributed by atoms with Crippen LogP contribution in [0.2, 0.25) is 0 Å². The Kier molecular flexibility index (Phi) is 4.78. The van der Waals surface area contributed by atoms with Gasteiger partial charge in [-0.1, -0.05) is 20.8 Å². The first-order chi connectivity index (χ1) is 8.19. The van der Waals surface area contributed by atoms with E-state index in [4.69, 9.17) is 0 Å². The van der Waals surface area contributed by atoms with Crippen molar-refractivity contribution in [3.63, 3.8) is 0 Å². The van der Waals surface area contributed by atoms with Crippen molar-refractivity contribution in [3.8, 4) is 0 Å². The topological polar surface area (TPSA) is 74.7 Å². The standard InChI is InChI=1S/C12H23NO4S/c1-4-18(16,17)9-8-13-7-5-6-12(2,3)10(13)11(14)15/h10H,4-9H2,1-3H3,(H,14,15). The van der Waals surface area contributed by atoms with E-state index in [0.717, 1.165) is 12.8 Å². The predicted octanol–water partition coefficient (Wildman–Crippen LogP) is 0.996. The molecule has 1 unspecified atom stereocenters. The number of sulfone groups is 1. The summed E-state index contributed by atoms with van der Waals surface area (Å²) in [6.07, 6.45) is 1.78. The molecule has 1 heterocycles. The van der Waals surface area contributed by atoms with E-state index in [1.54, 1.807) is 11.8 Å². The van der Waals surface area contributed by atoms with E-state index < -0.39 is 21.8 Å². The van der Waals surface area contributed by atoms with Gasteiger partial charge in [0.1, 0.15) is 6.04 Å². The molecular formula is C12H23NO4S. The van der Waals surface area contributed by atoms with Gasteiger partial charge < -0.3 is 5.11 Å². The SMILES string of the molecule is CCS(=O)(=O)CCN1CCCC(C)(C)C1C(=O)O. The number of aliphatic carboxylic acids is 1. The second kappa shape index (κ2) is 5.57. The highest BCUT2D eigenvalue weighted by molar-refractivity contribution is 7.91. The first kappa shape index (κ1) is 15.4. The highest BCUT2D eigenvalue weighted by Crippen LogP contribution is 2.35. The minimum absolute atomic E-state index is 0.0450. The van der Waals surface area contributed by atoms with Crippen molar-refractivity contribution in [2.45, 2.75) is 39.7 Å². The second-order valence-corrected chi connectivity index (χ2v) is 8.08. The van der Waals surface area contributed by atoms with Gasteiger partial charge in [0.05, 0.1) is 5.75 Å². The lowest BCUT2D eigenvalue weighted by molar-refractivity contribution is -0.150. The molecule has 1 rings (SSSR count). The van der Waals surface area contributed by atoms with Crippen molar-refractivity contribution in [2.75, 3.05) is 24.6 Å². The number of carbonyl (C=O) groups is 1. The minimum atomic E-state index is -3.04. The average molecular weight is 277 g/mol. The van der Waals surface area contributed by atoms with Gasteiger partial charge in [0.25, 0.3) is 0 Å². The molecular weight excluding hydrogens is 254 g/mol. The van der Waals surface area contributed by atoms with Gasteiger partial charge in [-0.3, -0.25) is 9.69 Å². The van der Waals surface area contributed by atoms with Crippen molar-refractivity contribution in [2.24, 2.45) is 5.41 Å². The molecule has 1 aliphatic heterocycles. The Balaban J connectivity index is 2.77. The molecule has 18 heavy (non-hydrogen) atoms. The van der Waals surface area contributed by atoms with Crippen molar-refractivity contribution in [1.29, 1.82) is 0 Å². The Bertz CT molecular complexity index is 402. The third kappa shape index (κ3) is 3.68. The van der Waals surface area contributed by atoms with E-state index in [9.17, 15) is 18.3 Å². The summed E-state index contributed by atoms with van der Waals surface area (Å²) < 4.78 is 23.0. The van der Waals surface area contributed by atoms with Gasteiger partial charge in [-0.05, 0) is 24.8 Å². The number of likely N-dealkylation sites (tertiary alicyclic amines) is 1. The van der Waals surface area contributed by atoms with Crippen LogP contribution in [0.4, 0.5) is 0 Å². The molecule has 6 heteroatoms. The summed E-state index contributed by atoms with van der Waals surface area (Å²) in [6, 6.07) is -0.585. The summed E-state index contributed by atoms with van der Waals surface area (Å²) in [5.74, 6) is -0.695. The Labute approximate surface area is 109 Å². The van der Waals surface area contributed by atoms with Crippen LogP contribution in [0.15, 0.2) is 0 Å². The fraction of sp³-hybridized carbons (Fsp3) is 0.917. The normalized spacial score (nSPS) is 24.9. The minimum Gasteiger partial charge on any atom is -0.480 e. The molecule has 1 saturated heterocycles. The fourth-order valence-corrected chi connectivity index (χ4v) is 3.43. The van der Waals surface area contributed by atoms with E-state index in [1.807, 2.05) is 13.8 Å². The lowest BCUT2D eigenvalue weighted by Gasteiger charge is -2.44. The van der Waals surface area contributed by atoms with Crippen LogP contribution in [-0.2, 0) is 14.6 Å². The highest BCUT2D eigenvalue weighted by Gasteiger charge is 2.42. The maximum atomic E-state index is 11.5. The molecule has 1 N–H and O–H groups in total. The van der Waals surface area contributed by atoms with Gasteiger partial charge in [0.15, 0.2) is 9.84 Å². The molecule has 0 aromatic rings. The van der Waals surface area contributed by atoms with E-state index in [1.165, 1.54) is 0 Å². The molecule has 5 nitrogen and oxygen atoms in total. The first-order valence-electron chi connectivity index (χ1n) is 6.37. The Hall–Kier alpha value is -0.620. The van der Waals surface area contributed by atoms with Crippen molar-refractivity contribution in [3.05, 3.63) is 0 Å².